The number of hydrogen-bond acceptors (Lipinski definition) is 8. The summed E-state index contributed by atoms with van der Waals surface area (Å²) in [6, 6.07) is 20.3. The molecule has 2 amide bonds. The minimum Gasteiger partial charge on any atom is -0.454 e. The lowest BCUT2D eigenvalue weighted by Crippen LogP contribution is -2.46. The third kappa shape index (κ3) is 6.51. The number of nitrogens with one attached hydrogen (secondary N) is 1. The van der Waals surface area contributed by atoms with E-state index in [4.69, 9.17) is 9.47 Å². The Morgan fingerprint density at radius 3 is 2.43 bits per heavy atom. The monoisotopic (exact) mass is 595 g/mol. The van der Waals surface area contributed by atoms with E-state index in [1.165, 1.54) is 4.80 Å². The van der Waals surface area contributed by atoms with Crippen LogP contribution in [-0.2, 0) is 22.7 Å². The van der Waals surface area contributed by atoms with Crippen molar-refractivity contribution in [2.45, 2.75) is 57.8 Å². The van der Waals surface area contributed by atoms with E-state index in [9.17, 15) is 9.59 Å². The summed E-state index contributed by atoms with van der Waals surface area (Å²) in [7, 11) is 3.93. The van der Waals surface area contributed by atoms with E-state index in [-0.39, 0.29) is 37.7 Å². The van der Waals surface area contributed by atoms with E-state index < -0.39 is 6.04 Å². The van der Waals surface area contributed by atoms with Crippen LogP contribution in [0.4, 0.5) is 5.69 Å². The van der Waals surface area contributed by atoms with Gasteiger partial charge >= 0.3 is 0 Å². The van der Waals surface area contributed by atoms with Crippen molar-refractivity contribution in [3.05, 3.63) is 83.4 Å². The molecule has 228 valence electrons. The van der Waals surface area contributed by atoms with Crippen LogP contribution in [0.5, 0.6) is 11.5 Å². The highest BCUT2D eigenvalue weighted by atomic mass is 16.7. The van der Waals surface area contributed by atoms with Crippen LogP contribution >= 0.6 is 0 Å². The van der Waals surface area contributed by atoms with Gasteiger partial charge in [0.25, 0.3) is 0 Å². The van der Waals surface area contributed by atoms with Crippen LogP contribution in [0.25, 0.3) is 11.4 Å². The van der Waals surface area contributed by atoms with Crippen molar-refractivity contribution in [2.24, 2.45) is 0 Å². The van der Waals surface area contributed by atoms with Crippen LogP contribution in [0.3, 0.4) is 0 Å². The number of rotatable bonds is 10. The normalized spacial score (nSPS) is 14.8. The lowest BCUT2D eigenvalue weighted by atomic mass is 10.0. The first-order valence-corrected chi connectivity index (χ1v) is 14.9. The summed E-state index contributed by atoms with van der Waals surface area (Å²) in [4.78, 5) is 33.2. The van der Waals surface area contributed by atoms with Crippen LogP contribution in [0, 0.1) is 6.92 Å². The fourth-order valence-electron chi connectivity index (χ4n) is 5.68. The van der Waals surface area contributed by atoms with Crippen LogP contribution in [-0.4, -0.2) is 63.9 Å². The number of hydrogen-bond donors (Lipinski definition) is 1. The maximum absolute atomic E-state index is 14.2. The van der Waals surface area contributed by atoms with Crippen LogP contribution in [0.2, 0.25) is 0 Å². The van der Waals surface area contributed by atoms with Gasteiger partial charge in [0.15, 0.2) is 11.5 Å². The fraction of sp³-hybridized carbons (Fsp3) is 0.364. The molecule has 0 bridgehead atoms. The van der Waals surface area contributed by atoms with E-state index in [2.05, 4.69) is 20.7 Å². The summed E-state index contributed by atoms with van der Waals surface area (Å²) < 4.78 is 11.1. The zero-order valence-electron chi connectivity index (χ0n) is 25.3. The fourth-order valence-corrected chi connectivity index (χ4v) is 5.68. The van der Waals surface area contributed by atoms with Gasteiger partial charge in [-0.2, -0.15) is 4.80 Å². The van der Waals surface area contributed by atoms with Crippen molar-refractivity contribution >= 4 is 17.5 Å². The average molecular weight is 596 g/mol. The van der Waals surface area contributed by atoms with E-state index in [0.717, 1.165) is 48.1 Å². The Balaban J connectivity index is 1.34. The Kier molecular flexibility index (Phi) is 8.44. The molecule has 11 nitrogen and oxygen atoms in total. The molecule has 4 aromatic rings. The van der Waals surface area contributed by atoms with Crippen molar-refractivity contribution in [3.8, 4) is 22.9 Å². The number of carbonyl (C=O) groups is 2. The minimum absolute atomic E-state index is 0.0857. The zero-order valence-corrected chi connectivity index (χ0v) is 25.3. The van der Waals surface area contributed by atoms with E-state index in [1.54, 1.807) is 4.90 Å². The molecule has 44 heavy (non-hydrogen) atoms. The topological polar surface area (TPSA) is 115 Å². The second-order valence-electron chi connectivity index (χ2n) is 11.6. The molecule has 1 atom stereocenters. The lowest BCUT2D eigenvalue weighted by Gasteiger charge is -2.32. The first-order chi connectivity index (χ1) is 21.3. The third-order valence-electron chi connectivity index (χ3n) is 8.14. The van der Waals surface area contributed by atoms with Crippen molar-refractivity contribution < 1.29 is 19.1 Å². The standard InChI is InChI=1S/C33H37N7O4/c1-22-8-11-25(12-9-22)32-35-37-40(36-32)20-30(41)39(19-23-10-17-28-29(18-23)44-21-43-28)31(33(42)34-26-6-4-5-7-26)24-13-15-27(16-14-24)38(2)3/h8-18,26,31H,4-7,19-21H2,1-3H3,(H,34,42)/t31-/m1/s1. The predicted octanol–water partition coefficient (Wildman–Crippen LogP) is 4.27. The third-order valence-corrected chi connectivity index (χ3v) is 8.14. The van der Waals surface area contributed by atoms with Crippen LogP contribution < -0.4 is 19.7 Å². The van der Waals surface area contributed by atoms with Crippen molar-refractivity contribution in [3.63, 3.8) is 0 Å². The zero-order chi connectivity index (χ0) is 30.6. The Morgan fingerprint density at radius 1 is 0.977 bits per heavy atom. The number of nitrogens with zero attached hydrogens (tertiary/aromatic N) is 6. The molecule has 1 aliphatic carbocycles. The van der Waals surface area contributed by atoms with Gasteiger partial charge in [0.1, 0.15) is 12.6 Å². The number of fused-ring (bicyclic) bond motifs is 1. The molecule has 1 aliphatic heterocycles. The number of ether oxygens (including phenoxy) is 2. The molecule has 1 fully saturated rings. The molecule has 0 saturated heterocycles. The summed E-state index contributed by atoms with van der Waals surface area (Å²) in [6.45, 7) is 2.13. The summed E-state index contributed by atoms with van der Waals surface area (Å²) in [5.41, 5.74) is 4.44. The summed E-state index contributed by atoms with van der Waals surface area (Å²) in [6.07, 6.45) is 4.01. The molecule has 0 unspecified atom stereocenters. The van der Waals surface area contributed by atoms with Crippen molar-refractivity contribution in [2.75, 3.05) is 25.8 Å². The number of carbonyl (C=O) groups excluding carboxylic acids is 2. The van der Waals surface area contributed by atoms with Crippen LogP contribution in [0.15, 0.2) is 66.7 Å². The smallest absolute Gasteiger partial charge is 0.247 e. The average Bonchev–Trinajstić information content (AvgIpc) is 3.80. The molecule has 2 aliphatic rings. The van der Waals surface area contributed by atoms with Gasteiger partial charge in [-0.25, -0.2) is 0 Å². The van der Waals surface area contributed by atoms with Crippen molar-refractivity contribution in [1.29, 1.82) is 0 Å². The van der Waals surface area contributed by atoms with E-state index in [0.29, 0.717) is 22.9 Å². The van der Waals surface area contributed by atoms with Gasteiger partial charge in [-0.05, 0) is 60.4 Å². The Hall–Kier alpha value is -4.93. The first kappa shape index (κ1) is 29.2. The molecular formula is C33H37N7O4. The number of aryl methyl sites for hydroxylation is 1. The molecule has 0 spiro atoms. The second-order valence-corrected chi connectivity index (χ2v) is 11.6. The van der Waals surface area contributed by atoms with Crippen LogP contribution in [0.1, 0.15) is 48.4 Å². The summed E-state index contributed by atoms with van der Waals surface area (Å²) in [5, 5.41) is 16.1. The van der Waals surface area contributed by atoms with Gasteiger partial charge < -0.3 is 24.6 Å². The molecule has 11 heteroatoms. The predicted molar refractivity (Wildman–Crippen MR) is 165 cm³/mol. The molecule has 3 aromatic carbocycles. The van der Waals surface area contributed by atoms with E-state index in [1.807, 2.05) is 92.6 Å². The number of tetrazole rings is 1. The van der Waals surface area contributed by atoms with Gasteiger partial charge in [-0.15, -0.1) is 10.2 Å². The maximum Gasteiger partial charge on any atom is 0.247 e. The highest BCUT2D eigenvalue weighted by Gasteiger charge is 2.34. The number of anilines is 1. The second kappa shape index (κ2) is 12.7. The SMILES string of the molecule is Cc1ccc(-c2nnn(CC(=O)N(Cc3ccc4c(c3)OCO4)[C@@H](C(=O)NC3CCCC3)c3ccc(N(C)C)cc3)n2)cc1. The highest BCUT2D eigenvalue weighted by Crippen LogP contribution is 2.34. The highest BCUT2D eigenvalue weighted by molar-refractivity contribution is 5.89. The maximum atomic E-state index is 14.2. The van der Waals surface area contributed by atoms with E-state index >= 15 is 0 Å². The largest absolute Gasteiger partial charge is 0.454 e. The molecule has 1 saturated carbocycles. The van der Waals surface area contributed by atoms with Crippen molar-refractivity contribution in [1.82, 2.24) is 30.4 Å². The Labute approximate surface area is 256 Å². The van der Waals surface area contributed by atoms with Gasteiger partial charge in [0.2, 0.25) is 24.4 Å². The summed E-state index contributed by atoms with van der Waals surface area (Å²) >= 11 is 0. The van der Waals surface area contributed by atoms with Gasteiger partial charge in [-0.1, -0.05) is 60.9 Å². The summed E-state index contributed by atoms with van der Waals surface area (Å²) in [5.74, 6) is 1.15. The molecule has 0 radical (unpaired) electrons. The Bertz CT molecular complexity index is 1610. The molecule has 6 rings (SSSR count). The first-order valence-electron chi connectivity index (χ1n) is 14.9. The Morgan fingerprint density at radius 2 is 1.70 bits per heavy atom. The molecule has 2 heterocycles. The number of benzene rings is 3. The van der Waals surface area contributed by atoms with Gasteiger partial charge in [-0.3, -0.25) is 9.59 Å². The minimum atomic E-state index is -0.884. The van der Waals surface area contributed by atoms with Gasteiger partial charge in [0.05, 0.1) is 0 Å². The van der Waals surface area contributed by atoms with Gasteiger partial charge in [0, 0.05) is 37.9 Å². The number of aromatic nitrogens is 4. The molecule has 1 N–H and O–H groups in total. The molecule has 1 aromatic heterocycles. The number of amides is 2. The molecular weight excluding hydrogens is 558 g/mol. The lowest BCUT2D eigenvalue weighted by molar-refractivity contribution is -0.142. The quantitative estimate of drug-likeness (QED) is 0.289.